The predicted octanol–water partition coefficient (Wildman–Crippen LogP) is 4.38. The number of nitrogens with one attached hydrogen (secondary N) is 1. The van der Waals surface area contributed by atoms with E-state index in [1.54, 1.807) is 48.3 Å². The molecule has 1 aromatic heterocycles. The van der Waals surface area contributed by atoms with E-state index in [0.29, 0.717) is 17.8 Å². The fourth-order valence-corrected chi connectivity index (χ4v) is 3.82. The summed E-state index contributed by atoms with van der Waals surface area (Å²) in [5.41, 5.74) is 3.25. The molecular weight excluding hydrogens is 434 g/mol. The van der Waals surface area contributed by atoms with Gasteiger partial charge in [0.1, 0.15) is 0 Å². The van der Waals surface area contributed by atoms with E-state index in [1.165, 1.54) is 11.2 Å². The van der Waals surface area contributed by atoms with Gasteiger partial charge in [0.15, 0.2) is 17.9 Å². The number of carbonyl (C=O) groups excluding carboxylic acids is 3. The van der Waals surface area contributed by atoms with Crippen molar-refractivity contribution in [1.82, 2.24) is 9.80 Å². The first-order valence-corrected chi connectivity index (χ1v) is 11.1. The number of carbonyl (C=O) groups is 3. The van der Waals surface area contributed by atoms with Gasteiger partial charge in [0.25, 0.3) is 5.91 Å². The summed E-state index contributed by atoms with van der Waals surface area (Å²) >= 11 is 0. The van der Waals surface area contributed by atoms with Crippen molar-refractivity contribution in [3.8, 4) is 0 Å². The number of amides is 3. The molecule has 2 unspecified atom stereocenters. The van der Waals surface area contributed by atoms with E-state index in [1.807, 2.05) is 38.1 Å². The number of anilines is 1. The summed E-state index contributed by atoms with van der Waals surface area (Å²) in [5, 5.41) is 2.75. The van der Waals surface area contributed by atoms with Gasteiger partial charge in [0, 0.05) is 19.3 Å². The molecule has 1 saturated heterocycles. The number of nitrogens with zero attached hydrogens (tertiary/aromatic N) is 2. The average Bonchev–Trinajstić information content (AvgIpc) is 3.49. The highest BCUT2D eigenvalue weighted by atomic mass is 16.6. The Morgan fingerprint density at radius 1 is 1.06 bits per heavy atom. The first kappa shape index (κ1) is 23.1. The molecule has 1 aliphatic heterocycles. The van der Waals surface area contributed by atoms with Crippen molar-refractivity contribution in [2.45, 2.75) is 32.5 Å². The molecule has 2 aromatic carbocycles. The van der Waals surface area contributed by atoms with Crippen LogP contribution in [0.15, 0.2) is 71.3 Å². The fourth-order valence-electron chi connectivity index (χ4n) is 3.82. The maximum absolute atomic E-state index is 13.3. The Kier molecular flexibility index (Phi) is 6.67. The van der Waals surface area contributed by atoms with E-state index in [2.05, 4.69) is 5.32 Å². The highest BCUT2D eigenvalue weighted by Crippen LogP contribution is 2.35. The lowest BCUT2D eigenvalue weighted by atomic mass is 10.00. The van der Waals surface area contributed by atoms with Crippen LogP contribution in [0.25, 0.3) is 0 Å². The SMILES string of the molecule is CCN(C)C(=O)C1C(c2ccc(NC(=O)c3ccco3)cc2)OC(=O)N1Cc1ccc(C)cc1. The number of cyclic esters (lactones) is 1. The Morgan fingerprint density at radius 2 is 1.76 bits per heavy atom. The summed E-state index contributed by atoms with van der Waals surface area (Å²) in [6.45, 7) is 4.64. The second-order valence-corrected chi connectivity index (χ2v) is 8.27. The lowest BCUT2D eigenvalue weighted by Gasteiger charge is -2.28. The van der Waals surface area contributed by atoms with Crippen molar-refractivity contribution in [3.05, 3.63) is 89.4 Å². The smallest absolute Gasteiger partial charge is 0.411 e. The van der Waals surface area contributed by atoms with Crippen LogP contribution in [0.4, 0.5) is 10.5 Å². The van der Waals surface area contributed by atoms with Gasteiger partial charge < -0.3 is 19.4 Å². The molecule has 1 aliphatic rings. The van der Waals surface area contributed by atoms with Crippen LogP contribution >= 0.6 is 0 Å². The highest BCUT2D eigenvalue weighted by Gasteiger charge is 2.47. The Labute approximate surface area is 198 Å². The molecule has 1 N–H and O–H groups in total. The number of hydrogen-bond donors (Lipinski definition) is 1. The van der Waals surface area contributed by atoms with Crippen LogP contribution in [0.2, 0.25) is 0 Å². The van der Waals surface area contributed by atoms with Crippen molar-refractivity contribution in [2.75, 3.05) is 18.9 Å². The van der Waals surface area contributed by atoms with Gasteiger partial charge in [-0.15, -0.1) is 0 Å². The van der Waals surface area contributed by atoms with Gasteiger partial charge in [-0.05, 0) is 49.2 Å². The van der Waals surface area contributed by atoms with E-state index in [0.717, 1.165) is 11.1 Å². The maximum atomic E-state index is 13.3. The molecule has 0 bridgehead atoms. The van der Waals surface area contributed by atoms with Gasteiger partial charge in [-0.3, -0.25) is 14.5 Å². The third-order valence-electron chi connectivity index (χ3n) is 5.90. The van der Waals surface area contributed by atoms with Crippen LogP contribution in [0.3, 0.4) is 0 Å². The molecule has 3 aromatic rings. The first-order valence-electron chi connectivity index (χ1n) is 11.1. The zero-order valence-corrected chi connectivity index (χ0v) is 19.4. The topological polar surface area (TPSA) is 92.1 Å². The van der Waals surface area contributed by atoms with Crippen molar-refractivity contribution in [3.63, 3.8) is 0 Å². The van der Waals surface area contributed by atoms with E-state index >= 15 is 0 Å². The number of likely N-dealkylation sites (N-methyl/N-ethyl adjacent to an activating group) is 1. The molecule has 2 heterocycles. The second kappa shape index (κ2) is 9.82. The normalized spacial score (nSPS) is 17.4. The van der Waals surface area contributed by atoms with E-state index < -0.39 is 18.2 Å². The van der Waals surface area contributed by atoms with Crippen molar-refractivity contribution in [1.29, 1.82) is 0 Å². The maximum Gasteiger partial charge on any atom is 0.411 e. The molecule has 1 fully saturated rings. The molecule has 176 valence electrons. The van der Waals surface area contributed by atoms with E-state index in [4.69, 9.17) is 9.15 Å². The van der Waals surface area contributed by atoms with Crippen LogP contribution in [-0.4, -0.2) is 47.3 Å². The zero-order valence-electron chi connectivity index (χ0n) is 19.4. The summed E-state index contributed by atoms with van der Waals surface area (Å²) in [6, 6.07) is 17.1. The molecule has 2 atom stereocenters. The van der Waals surface area contributed by atoms with E-state index in [-0.39, 0.29) is 24.1 Å². The number of furan rings is 1. The van der Waals surface area contributed by atoms with Crippen molar-refractivity contribution >= 4 is 23.6 Å². The molecule has 8 heteroatoms. The summed E-state index contributed by atoms with van der Waals surface area (Å²) in [5.74, 6) is -0.360. The molecule has 3 amide bonds. The molecule has 4 rings (SSSR count). The Hall–Kier alpha value is -4.07. The van der Waals surface area contributed by atoms with Crippen LogP contribution < -0.4 is 5.32 Å². The lowest BCUT2D eigenvalue weighted by Crippen LogP contribution is -2.46. The molecule has 8 nitrogen and oxygen atoms in total. The average molecular weight is 462 g/mol. The largest absolute Gasteiger partial charge is 0.459 e. The van der Waals surface area contributed by atoms with Gasteiger partial charge in [-0.25, -0.2) is 4.79 Å². The quantitative estimate of drug-likeness (QED) is 0.564. The summed E-state index contributed by atoms with van der Waals surface area (Å²) < 4.78 is 10.8. The molecule has 34 heavy (non-hydrogen) atoms. The van der Waals surface area contributed by atoms with Gasteiger partial charge in [0.2, 0.25) is 5.91 Å². The van der Waals surface area contributed by atoms with E-state index in [9.17, 15) is 14.4 Å². The predicted molar refractivity (Wildman–Crippen MR) is 126 cm³/mol. The minimum absolute atomic E-state index is 0.194. The van der Waals surface area contributed by atoms with Gasteiger partial charge in [-0.2, -0.15) is 0 Å². The highest BCUT2D eigenvalue weighted by molar-refractivity contribution is 6.02. The molecule has 0 radical (unpaired) electrons. The monoisotopic (exact) mass is 461 g/mol. The van der Waals surface area contributed by atoms with Crippen LogP contribution in [-0.2, 0) is 16.1 Å². The first-order chi connectivity index (χ1) is 16.4. The van der Waals surface area contributed by atoms with Crippen LogP contribution in [0, 0.1) is 6.92 Å². The number of rotatable bonds is 7. The summed E-state index contributed by atoms with van der Waals surface area (Å²) in [7, 11) is 1.71. The minimum Gasteiger partial charge on any atom is -0.459 e. The van der Waals surface area contributed by atoms with Gasteiger partial charge >= 0.3 is 6.09 Å². The second-order valence-electron chi connectivity index (χ2n) is 8.27. The van der Waals surface area contributed by atoms with Crippen LogP contribution in [0.1, 0.15) is 40.3 Å². The molecule has 0 aliphatic carbocycles. The Balaban J connectivity index is 1.57. The third kappa shape index (κ3) is 4.80. The van der Waals surface area contributed by atoms with Gasteiger partial charge in [0.05, 0.1) is 12.8 Å². The number of ether oxygens (including phenoxy) is 1. The molecular formula is C26H27N3O5. The van der Waals surface area contributed by atoms with Crippen molar-refractivity contribution in [2.24, 2.45) is 0 Å². The Bertz CT molecular complexity index is 1160. The fraction of sp³-hybridized carbons (Fsp3) is 0.269. The zero-order chi connectivity index (χ0) is 24.2. The molecule has 0 spiro atoms. The number of hydrogen-bond acceptors (Lipinski definition) is 5. The van der Waals surface area contributed by atoms with Crippen molar-refractivity contribution < 1.29 is 23.5 Å². The number of aryl methyl sites for hydroxylation is 1. The van der Waals surface area contributed by atoms with Gasteiger partial charge in [-0.1, -0.05) is 42.0 Å². The summed E-state index contributed by atoms with van der Waals surface area (Å²) in [4.78, 5) is 41.4. The van der Waals surface area contributed by atoms with Crippen LogP contribution in [0.5, 0.6) is 0 Å². The standard InChI is InChI=1S/C26H27N3O5/c1-4-28(3)25(31)22-23(34-26(32)29(22)16-18-9-7-17(2)8-10-18)19-11-13-20(14-12-19)27-24(30)21-6-5-15-33-21/h5-15,22-23H,4,16H2,1-3H3,(H,27,30). The lowest BCUT2D eigenvalue weighted by molar-refractivity contribution is -0.135. The number of benzene rings is 2. The summed E-state index contributed by atoms with van der Waals surface area (Å²) in [6.07, 6.45) is 0.122. The minimum atomic E-state index is -0.803. The third-order valence-corrected chi connectivity index (χ3v) is 5.90. The molecule has 0 saturated carbocycles. The Morgan fingerprint density at radius 3 is 2.38 bits per heavy atom.